The number of rotatable bonds is 5. The molecule has 0 bridgehead atoms. The van der Waals surface area contributed by atoms with E-state index in [1.807, 2.05) is 12.1 Å². The van der Waals surface area contributed by atoms with E-state index < -0.39 is 7.92 Å². The lowest BCUT2D eigenvalue weighted by atomic mass is 10.2. The van der Waals surface area contributed by atoms with Gasteiger partial charge in [0.15, 0.2) is 0 Å². The molecule has 0 amide bonds. The van der Waals surface area contributed by atoms with Gasteiger partial charge in [-0.15, -0.1) is 0 Å². The fourth-order valence-corrected chi connectivity index (χ4v) is 5.21. The average Bonchev–Trinajstić information content (AvgIpc) is 2.62. The number of methoxy groups -OCH3 is 1. The molecule has 3 aromatic carbocycles. The molecule has 2 heteroatoms. The highest BCUT2D eigenvalue weighted by atomic mass is 31.1. The van der Waals surface area contributed by atoms with Crippen LogP contribution in [0.4, 0.5) is 0 Å². The summed E-state index contributed by atoms with van der Waals surface area (Å²) >= 11 is 0. The van der Waals surface area contributed by atoms with E-state index in [0.717, 1.165) is 11.9 Å². The van der Waals surface area contributed by atoms with Gasteiger partial charge < -0.3 is 4.74 Å². The molecular formula is C21H21OP. The summed E-state index contributed by atoms with van der Waals surface area (Å²) in [6.45, 7) is 2.21. The first-order valence-corrected chi connectivity index (χ1v) is 9.32. The molecule has 0 aromatic heterocycles. The highest BCUT2D eigenvalue weighted by Gasteiger charge is 2.16. The monoisotopic (exact) mass is 320 g/mol. The highest BCUT2D eigenvalue weighted by Crippen LogP contribution is 2.39. The molecule has 0 aliphatic rings. The van der Waals surface area contributed by atoms with Crippen molar-refractivity contribution in [3.05, 3.63) is 90.0 Å². The molecule has 0 aliphatic carbocycles. The van der Waals surface area contributed by atoms with E-state index >= 15 is 0 Å². The van der Waals surface area contributed by atoms with Crippen molar-refractivity contribution in [2.24, 2.45) is 0 Å². The van der Waals surface area contributed by atoms with Gasteiger partial charge in [-0.05, 0) is 48.7 Å². The van der Waals surface area contributed by atoms with Gasteiger partial charge in [-0.3, -0.25) is 0 Å². The number of aryl methyl sites for hydroxylation is 1. The van der Waals surface area contributed by atoms with Crippen LogP contribution in [0.5, 0.6) is 5.75 Å². The summed E-state index contributed by atoms with van der Waals surface area (Å²) in [5.41, 5.74) is 2.72. The summed E-state index contributed by atoms with van der Waals surface area (Å²) in [4.78, 5) is 0. The Morgan fingerprint density at radius 2 is 1.43 bits per heavy atom. The summed E-state index contributed by atoms with van der Waals surface area (Å²) in [6, 6.07) is 28.1. The summed E-state index contributed by atoms with van der Waals surface area (Å²) < 4.78 is 5.27. The van der Waals surface area contributed by atoms with E-state index in [1.54, 1.807) is 7.11 Å². The molecule has 0 radical (unpaired) electrons. The summed E-state index contributed by atoms with van der Waals surface area (Å²) in [7, 11) is 1.30. The van der Waals surface area contributed by atoms with Crippen molar-refractivity contribution in [2.75, 3.05) is 7.11 Å². The maximum atomic E-state index is 5.27. The molecule has 23 heavy (non-hydrogen) atoms. The Morgan fingerprint density at radius 3 is 2.09 bits per heavy atom. The quantitative estimate of drug-likeness (QED) is 0.623. The van der Waals surface area contributed by atoms with Crippen LogP contribution < -0.4 is 15.3 Å². The minimum absolute atomic E-state index is 0.403. The van der Waals surface area contributed by atoms with Crippen molar-refractivity contribution >= 4 is 18.5 Å². The molecular weight excluding hydrogens is 299 g/mol. The zero-order chi connectivity index (χ0) is 16.1. The van der Waals surface area contributed by atoms with Crippen molar-refractivity contribution in [3.63, 3.8) is 0 Å². The van der Waals surface area contributed by atoms with E-state index in [-0.39, 0.29) is 0 Å². The Labute approximate surface area is 139 Å². The van der Waals surface area contributed by atoms with Crippen LogP contribution in [0.25, 0.3) is 0 Å². The van der Waals surface area contributed by atoms with Crippen LogP contribution in [0.2, 0.25) is 0 Å². The third-order valence-electron chi connectivity index (χ3n) is 3.97. The molecule has 116 valence electrons. The van der Waals surface area contributed by atoms with Crippen molar-refractivity contribution in [2.45, 2.75) is 13.1 Å². The van der Waals surface area contributed by atoms with Gasteiger partial charge >= 0.3 is 0 Å². The van der Waals surface area contributed by atoms with Crippen LogP contribution in [-0.2, 0) is 6.16 Å². The first-order valence-electron chi connectivity index (χ1n) is 7.79. The summed E-state index contributed by atoms with van der Waals surface area (Å²) in [5, 5.41) is 2.89. The van der Waals surface area contributed by atoms with Gasteiger partial charge in [0, 0.05) is 6.16 Å². The maximum absolute atomic E-state index is 5.27. The van der Waals surface area contributed by atoms with Gasteiger partial charge in [0.25, 0.3) is 0 Å². The third kappa shape index (κ3) is 3.81. The first-order chi connectivity index (χ1) is 11.3. The molecule has 1 nitrogen and oxygen atoms in total. The molecule has 0 N–H and O–H groups in total. The van der Waals surface area contributed by atoms with Gasteiger partial charge in [-0.1, -0.05) is 66.7 Å². The van der Waals surface area contributed by atoms with Gasteiger partial charge in [0.2, 0.25) is 0 Å². The predicted octanol–water partition coefficient (Wildman–Crippen LogP) is 4.64. The largest absolute Gasteiger partial charge is 0.497 e. The van der Waals surface area contributed by atoms with Crippen molar-refractivity contribution in [1.29, 1.82) is 0 Å². The molecule has 1 unspecified atom stereocenters. The molecule has 0 aliphatic heterocycles. The molecule has 3 rings (SSSR count). The SMILES string of the molecule is COc1ccc(CP(c2ccccc2)c2ccccc2C)cc1. The van der Waals surface area contributed by atoms with Crippen LogP contribution in [0.15, 0.2) is 78.9 Å². The minimum atomic E-state index is -0.403. The summed E-state index contributed by atoms with van der Waals surface area (Å²) in [5.74, 6) is 0.911. The third-order valence-corrected chi connectivity index (χ3v) is 6.66. The molecule has 0 fully saturated rings. The second-order valence-electron chi connectivity index (χ2n) is 5.56. The second-order valence-corrected chi connectivity index (χ2v) is 7.73. The molecule has 1 atom stereocenters. The van der Waals surface area contributed by atoms with E-state index in [9.17, 15) is 0 Å². The van der Waals surface area contributed by atoms with Crippen LogP contribution in [-0.4, -0.2) is 7.11 Å². The van der Waals surface area contributed by atoms with Gasteiger partial charge in [0.05, 0.1) is 7.11 Å². The molecule has 0 saturated carbocycles. The van der Waals surface area contributed by atoms with E-state index in [2.05, 4.69) is 73.7 Å². The second kappa shape index (κ2) is 7.44. The zero-order valence-electron chi connectivity index (χ0n) is 13.6. The maximum Gasteiger partial charge on any atom is 0.118 e. The smallest absolute Gasteiger partial charge is 0.118 e. The number of hydrogen-bond acceptors (Lipinski definition) is 1. The molecule has 3 aromatic rings. The standard InChI is InChI=1S/C21H21OP/c1-17-8-6-7-11-21(17)23(20-9-4-3-5-10-20)16-18-12-14-19(22-2)15-13-18/h3-15H,16H2,1-2H3. The Morgan fingerprint density at radius 1 is 0.783 bits per heavy atom. The average molecular weight is 320 g/mol. The first kappa shape index (κ1) is 15.8. The number of benzene rings is 3. The van der Waals surface area contributed by atoms with Crippen molar-refractivity contribution in [3.8, 4) is 5.75 Å². The Hall–Kier alpha value is -2.11. The Bertz CT molecular complexity index is 750. The molecule has 0 saturated heterocycles. The van der Waals surface area contributed by atoms with Crippen molar-refractivity contribution in [1.82, 2.24) is 0 Å². The number of ether oxygens (including phenoxy) is 1. The van der Waals surface area contributed by atoms with E-state index in [4.69, 9.17) is 4.74 Å². The minimum Gasteiger partial charge on any atom is -0.497 e. The highest BCUT2D eigenvalue weighted by molar-refractivity contribution is 7.72. The zero-order valence-corrected chi connectivity index (χ0v) is 14.5. The topological polar surface area (TPSA) is 9.23 Å². The fraction of sp³-hybridized carbons (Fsp3) is 0.143. The van der Waals surface area contributed by atoms with Gasteiger partial charge in [0.1, 0.15) is 5.75 Å². The van der Waals surface area contributed by atoms with Crippen LogP contribution in [0, 0.1) is 6.92 Å². The molecule has 0 heterocycles. The lowest BCUT2D eigenvalue weighted by Gasteiger charge is -2.21. The van der Waals surface area contributed by atoms with Crippen LogP contribution in [0.1, 0.15) is 11.1 Å². The number of hydrogen-bond donors (Lipinski definition) is 0. The van der Waals surface area contributed by atoms with Crippen LogP contribution >= 0.6 is 7.92 Å². The van der Waals surface area contributed by atoms with Gasteiger partial charge in [-0.2, -0.15) is 0 Å². The van der Waals surface area contributed by atoms with E-state index in [0.29, 0.717) is 0 Å². The normalized spacial score (nSPS) is 11.9. The van der Waals surface area contributed by atoms with Gasteiger partial charge in [-0.25, -0.2) is 0 Å². The Balaban J connectivity index is 1.97. The van der Waals surface area contributed by atoms with Crippen molar-refractivity contribution < 1.29 is 4.74 Å². The summed E-state index contributed by atoms with van der Waals surface area (Å²) in [6.07, 6.45) is 1.05. The lowest BCUT2D eigenvalue weighted by Crippen LogP contribution is -2.15. The molecule has 0 spiro atoms. The Kier molecular flexibility index (Phi) is 5.10. The predicted molar refractivity (Wildman–Crippen MR) is 101 cm³/mol. The van der Waals surface area contributed by atoms with Crippen LogP contribution in [0.3, 0.4) is 0 Å². The lowest BCUT2D eigenvalue weighted by molar-refractivity contribution is 0.414. The fourth-order valence-electron chi connectivity index (χ4n) is 2.70. The van der Waals surface area contributed by atoms with E-state index in [1.165, 1.54) is 21.7 Å².